The monoisotopic (exact) mass is 169 g/mol. The van der Waals surface area contributed by atoms with E-state index >= 15 is 0 Å². The highest BCUT2D eigenvalue weighted by Gasteiger charge is 2.16. The molecule has 0 saturated heterocycles. The first-order valence-corrected chi connectivity index (χ1v) is 5.12. The molecule has 0 aromatic carbocycles. The van der Waals surface area contributed by atoms with Gasteiger partial charge in [0.1, 0.15) is 0 Å². The minimum Gasteiger partial charge on any atom is -0.294 e. The molecule has 0 spiro atoms. The molecule has 0 aromatic heterocycles. The molecule has 72 valence electrons. The first-order chi connectivity index (χ1) is 5.72. The van der Waals surface area contributed by atoms with Gasteiger partial charge in [0, 0.05) is 18.6 Å². The van der Waals surface area contributed by atoms with Crippen LogP contribution in [-0.2, 0) is 0 Å². The minimum atomic E-state index is 0.694. The quantitative estimate of drug-likeness (QED) is 0.545. The molecule has 1 atom stereocenters. The highest BCUT2D eigenvalue weighted by molar-refractivity contribution is 4.95. The molecule has 0 saturated carbocycles. The Morgan fingerprint density at radius 2 is 1.83 bits per heavy atom. The SMILES string of the molecule is CC.CC(C)N1CC=CCC1C. The molecule has 1 heteroatoms. The zero-order chi connectivity index (χ0) is 9.56. The van der Waals surface area contributed by atoms with Crippen molar-refractivity contribution in [1.82, 2.24) is 4.90 Å². The van der Waals surface area contributed by atoms with Crippen LogP contribution in [0.4, 0.5) is 0 Å². The highest BCUT2D eigenvalue weighted by atomic mass is 15.2. The van der Waals surface area contributed by atoms with Gasteiger partial charge in [-0.25, -0.2) is 0 Å². The van der Waals surface area contributed by atoms with Crippen molar-refractivity contribution < 1.29 is 0 Å². The van der Waals surface area contributed by atoms with Crippen molar-refractivity contribution >= 4 is 0 Å². The van der Waals surface area contributed by atoms with E-state index in [1.54, 1.807) is 0 Å². The van der Waals surface area contributed by atoms with Crippen LogP contribution in [0.1, 0.15) is 41.0 Å². The summed E-state index contributed by atoms with van der Waals surface area (Å²) < 4.78 is 0. The number of nitrogens with zero attached hydrogens (tertiary/aromatic N) is 1. The molecule has 0 fully saturated rings. The Hall–Kier alpha value is -0.300. The van der Waals surface area contributed by atoms with Crippen LogP contribution in [-0.4, -0.2) is 23.5 Å². The van der Waals surface area contributed by atoms with Crippen molar-refractivity contribution in [2.45, 2.75) is 53.1 Å². The maximum absolute atomic E-state index is 2.51. The van der Waals surface area contributed by atoms with Gasteiger partial charge in [-0.15, -0.1) is 0 Å². The van der Waals surface area contributed by atoms with Crippen LogP contribution in [0.5, 0.6) is 0 Å². The van der Waals surface area contributed by atoms with Crippen LogP contribution in [0.15, 0.2) is 12.2 Å². The van der Waals surface area contributed by atoms with Crippen molar-refractivity contribution in [3.05, 3.63) is 12.2 Å². The van der Waals surface area contributed by atoms with Crippen LogP contribution in [0.2, 0.25) is 0 Å². The Labute approximate surface area is 77.5 Å². The fraction of sp³-hybridized carbons (Fsp3) is 0.818. The third-order valence-electron chi connectivity index (χ3n) is 2.19. The van der Waals surface area contributed by atoms with Crippen LogP contribution in [0, 0.1) is 0 Å². The summed E-state index contributed by atoms with van der Waals surface area (Å²) in [6, 6.07) is 1.44. The summed E-state index contributed by atoms with van der Waals surface area (Å²) in [5, 5.41) is 0. The molecular formula is C11H23N. The Bertz CT molecular complexity index is 127. The summed E-state index contributed by atoms with van der Waals surface area (Å²) in [5.74, 6) is 0. The van der Waals surface area contributed by atoms with E-state index < -0.39 is 0 Å². The molecule has 0 aliphatic carbocycles. The number of hydrogen-bond donors (Lipinski definition) is 0. The summed E-state index contributed by atoms with van der Waals surface area (Å²) in [7, 11) is 0. The predicted octanol–water partition coefficient (Wildman–Crippen LogP) is 3.07. The molecule has 0 N–H and O–H groups in total. The molecule has 0 radical (unpaired) electrons. The average molecular weight is 169 g/mol. The second kappa shape index (κ2) is 6.24. The minimum absolute atomic E-state index is 0.694. The lowest BCUT2D eigenvalue weighted by Crippen LogP contribution is -2.40. The van der Waals surface area contributed by atoms with E-state index in [9.17, 15) is 0 Å². The van der Waals surface area contributed by atoms with E-state index in [-0.39, 0.29) is 0 Å². The van der Waals surface area contributed by atoms with Crippen molar-refractivity contribution in [3.63, 3.8) is 0 Å². The third-order valence-corrected chi connectivity index (χ3v) is 2.19. The van der Waals surface area contributed by atoms with Gasteiger partial charge in [0.2, 0.25) is 0 Å². The lowest BCUT2D eigenvalue weighted by Gasteiger charge is -2.33. The Morgan fingerprint density at radius 1 is 1.25 bits per heavy atom. The molecule has 12 heavy (non-hydrogen) atoms. The molecule has 1 rings (SSSR count). The summed E-state index contributed by atoms with van der Waals surface area (Å²) in [6.45, 7) is 12.0. The normalized spacial score (nSPS) is 23.7. The first-order valence-electron chi connectivity index (χ1n) is 5.12. The standard InChI is InChI=1S/C9H17N.C2H6/c1-8(2)10-7-5-4-6-9(10)3;1-2/h4-5,8-9H,6-7H2,1-3H3;1-2H3. The van der Waals surface area contributed by atoms with Crippen LogP contribution in [0.25, 0.3) is 0 Å². The summed E-state index contributed by atoms with van der Waals surface area (Å²) in [5.41, 5.74) is 0. The average Bonchev–Trinajstić information content (AvgIpc) is 2.08. The number of hydrogen-bond acceptors (Lipinski definition) is 1. The van der Waals surface area contributed by atoms with Gasteiger partial charge in [0.25, 0.3) is 0 Å². The Morgan fingerprint density at radius 3 is 2.17 bits per heavy atom. The number of rotatable bonds is 1. The van der Waals surface area contributed by atoms with Crippen molar-refractivity contribution in [2.24, 2.45) is 0 Å². The van der Waals surface area contributed by atoms with Gasteiger partial charge in [-0.1, -0.05) is 26.0 Å². The van der Waals surface area contributed by atoms with Gasteiger partial charge in [-0.3, -0.25) is 4.90 Å². The van der Waals surface area contributed by atoms with Gasteiger partial charge in [0.15, 0.2) is 0 Å². The molecule has 1 aliphatic heterocycles. The maximum Gasteiger partial charge on any atom is 0.0168 e. The molecular weight excluding hydrogens is 146 g/mol. The van der Waals surface area contributed by atoms with E-state index in [0.717, 1.165) is 12.6 Å². The van der Waals surface area contributed by atoms with Crippen LogP contribution < -0.4 is 0 Å². The molecule has 1 aliphatic rings. The first kappa shape index (κ1) is 11.7. The Kier molecular flexibility index (Phi) is 6.09. The van der Waals surface area contributed by atoms with Gasteiger partial charge < -0.3 is 0 Å². The fourth-order valence-electron chi connectivity index (χ4n) is 1.52. The molecule has 0 aromatic rings. The molecule has 0 bridgehead atoms. The zero-order valence-corrected chi connectivity index (χ0v) is 9.17. The zero-order valence-electron chi connectivity index (χ0n) is 9.17. The third kappa shape index (κ3) is 3.40. The lowest BCUT2D eigenvalue weighted by molar-refractivity contribution is 0.177. The van der Waals surface area contributed by atoms with Gasteiger partial charge in [-0.2, -0.15) is 0 Å². The Balaban J connectivity index is 0.000000561. The second-order valence-electron chi connectivity index (χ2n) is 3.35. The van der Waals surface area contributed by atoms with Crippen LogP contribution >= 0.6 is 0 Å². The van der Waals surface area contributed by atoms with E-state index in [2.05, 4.69) is 37.8 Å². The van der Waals surface area contributed by atoms with Gasteiger partial charge in [0.05, 0.1) is 0 Å². The summed E-state index contributed by atoms with van der Waals surface area (Å²) in [4.78, 5) is 2.51. The summed E-state index contributed by atoms with van der Waals surface area (Å²) >= 11 is 0. The van der Waals surface area contributed by atoms with E-state index in [4.69, 9.17) is 0 Å². The molecule has 1 unspecified atom stereocenters. The second-order valence-corrected chi connectivity index (χ2v) is 3.35. The highest BCUT2D eigenvalue weighted by Crippen LogP contribution is 2.13. The molecule has 1 heterocycles. The fourth-order valence-corrected chi connectivity index (χ4v) is 1.52. The van der Waals surface area contributed by atoms with Crippen molar-refractivity contribution in [1.29, 1.82) is 0 Å². The lowest BCUT2D eigenvalue weighted by atomic mass is 10.1. The van der Waals surface area contributed by atoms with Crippen molar-refractivity contribution in [3.8, 4) is 0 Å². The van der Waals surface area contributed by atoms with Crippen molar-refractivity contribution in [2.75, 3.05) is 6.54 Å². The van der Waals surface area contributed by atoms with E-state index in [1.807, 2.05) is 13.8 Å². The van der Waals surface area contributed by atoms with Gasteiger partial charge >= 0.3 is 0 Å². The maximum atomic E-state index is 2.51. The van der Waals surface area contributed by atoms with E-state index in [1.165, 1.54) is 6.42 Å². The molecule has 1 nitrogen and oxygen atoms in total. The predicted molar refractivity (Wildman–Crippen MR) is 56.4 cm³/mol. The van der Waals surface area contributed by atoms with Gasteiger partial charge in [-0.05, 0) is 27.2 Å². The molecule has 0 amide bonds. The smallest absolute Gasteiger partial charge is 0.0168 e. The van der Waals surface area contributed by atoms with Crippen LogP contribution in [0.3, 0.4) is 0 Å². The van der Waals surface area contributed by atoms with E-state index in [0.29, 0.717) is 6.04 Å². The largest absolute Gasteiger partial charge is 0.294 e. The summed E-state index contributed by atoms with van der Waals surface area (Å²) in [6.07, 6.45) is 5.77. The topological polar surface area (TPSA) is 3.24 Å².